The van der Waals surface area contributed by atoms with Gasteiger partial charge in [0.15, 0.2) is 0 Å². The number of benzene rings is 4. The zero-order valence-electron chi connectivity index (χ0n) is 26.8. The molecule has 1 fully saturated rings. The number of amides is 1. The Kier molecular flexibility index (Phi) is 9.76. The number of rotatable bonds is 9. The van der Waals surface area contributed by atoms with Gasteiger partial charge < -0.3 is 25.7 Å². The summed E-state index contributed by atoms with van der Waals surface area (Å²) < 4.78 is 33.5. The number of nitrogens with zero attached hydrogens (tertiary/aromatic N) is 4. The number of nitrogens with one attached hydrogen (secondary N) is 4. The molecule has 0 spiro atoms. The SMILES string of the molecule is N#Cc1cnc2c(Cl)cc(NC(C3=CN([C@@H]4CCN(C(=O)OCc5ccccc5)C4)NN3)c3ccc(F)cc3)cc2c1Nc1ccc(F)c(Cl)c1. The van der Waals surface area contributed by atoms with Crippen molar-refractivity contribution in [2.24, 2.45) is 0 Å². The maximum absolute atomic E-state index is 14.0. The second-order valence-electron chi connectivity index (χ2n) is 12.1. The number of likely N-dealkylation sites (tertiary alicyclic amines) is 1. The van der Waals surface area contributed by atoms with Gasteiger partial charge in [-0.3, -0.25) is 9.99 Å². The topological polar surface area (TPSA) is 118 Å². The highest BCUT2D eigenvalue weighted by atomic mass is 35.5. The predicted molar refractivity (Wildman–Crippen MR) is 192 cm³/mol. The summed E-state index contributed by atoms with van der Waals surface area (Å²) >= 11 is 12.8. The van der Waals surface area contributed by atoms with Crippen molar-refractivity contribution in [1.29, 1.82) is 5.26 Å². The molecule has 1 amide bonds. The van der Waals surface area contributed by atoms with Crippen molar-refractivity contribution >= 4 is 57.3 Å². The lowest BCUT2D eigenvalue weighted by atomic mass is 10.0. The summed E-state index contributed by atoms with van der Waals surface area (Å²) in [5.74, 6) is -0.950. The molecule has 2 atom stereocenters. The van der Waals surface area contributed by atoms with E-state index >= 15 is 0 Å². The van der Waals surface area contributed by atoms with E-state index in [1.165, 1.54) is 36.5 Å². The highest BCUT2D eigenvalue weighted by Gasteiger charge is 2.34. The fourth-order valence-corrected chi connectivity index (χ4v) is 6.52. The normalized spacial score (nSPS) is 16.0. The Morgan fingerprint density at radius 2 is 1.82 bits per heavy atom. The zero-order chi connectivity index (χ0) is 35.5. The maximum atomic E-state index is 14.0. The molecule has 3 heterocycles. The first-order chi connectivity index (χ1) is 24.7. The molecule has 1 unspecified atom stereocenters. The molecular formula is C37H30Cl2F2N8O2. The van der Waals surface area contributed by atoms with Crippen LogP contribution in [0.25, 0.3) is 10.9 Å². The van der Waals surface area contributed by atoms with Crippen LogP contribution < -0.4 is 21.6 Å². The minimum atomic E-state index is -0.571. The standard InChI is InChI=1S/C37H30Cl2F2N8O2/c38-30-15-26(10-11-32(30)41)44-34-24(17-42)18-43-36-29(34)14-27(16-31(36)39)45-35(23-6-8-25(40)9-7-23)33-20-49(47-46-33)28-12-13-48(19-28)37(50)51-21-22-4-2-1-3-5-22/h1-11,14-16,18,20,28,35,45-47H,12-13,19,21H2,(H,43,44)/t28-,35?/m1/s1. The smallest absolute Gasteiger partial charge is 0.410 e. The second-order valence-corrected chi connectivity index (χ2v) is 12.9. The van der Waals surface area contributed by atoms with Gasteiger partial charge in [-0.2, -0.15) is 5.26 Å². The van der Waals surface area contributed by atoms with Crippen LogP contribution >= 0.6 is 23.2 Å². The molecule has 5 aromatic rings. The minimum Gasteiger partial charge on any atom is -0.445 e. The molecule has 51 heavy (non-hydrogen) atoms. The van der Waals surface area contributed by atoms with Crippen LogP contribution in [0.4, 0.5) is 30.6 Å². The van der Waals surface area contributed by atoms with E-state index in [2.05, 4.69) is 32.6 Å². The largest absolute Gasteiger partial charge is 0.445 e. The number of nitriles is 1. The number of pyridine rings is 1. The van der Waals surface area contributed by atoms with Gasteiger partial charge in [0.1, 0.15) is 24.3 Å². The third-order valence-corrected chi connectivity index (χ3v) is 9.26. The molecule has 2 aliphatic rings. The van der Waals surface area contributed by atoms with Crippen LogP contribution in [0.3, 0.4) is 0 Å². The zero-order valence-corrected chi connectivity index (χ0v) is 28.3. The van der Waals surface area contributed by atoms with Crippen LogP contribution in [0, 0.1) is 23.0 Å². The number of aromatic nitrogens is 1. The van der Waals surface area contributed by atoms with Crippen molar-refractivity contribution < 1.29 is 18.3 Å². The van der Waals surface area contributed by atoms with Crippen molar-refractivity contribution in [2.75, 3.05) is 23.7 Å². The fourth-order valence-electron chi connectivity index (χ4n) is 6.08. The van der Waals surface area contributed by atoms with Gasteiger partial charge in [0.2, 0.25) is 0 Å². The molecule has 0 radical (unpaired) electrons. The average Bonchev–Trinajstić information content (AvgIpc) is 3.83. The third kappa shape index (κ3) is 7.46. The average molecular weight is 728 g/mol. The fraction of sp³-hybridized carbons (Fsp3) is 0.162. The van der Waals surface area contributed by atoms with Crippen LogP contribution in [0.15, 0.2) is 103 Å². The lowest BCUT2D eigenvalue weighted by molar-refractivity contribution is 0.1000. The van der Waals surface area contributed by atoms with Crippen molar-refractivity contribution in [3.63, 3.8) is 0 Å². The summed E-state index contributed by atoms with van der Waals surface area (Å²) in [7, 11) is 0. The van der Waals surface area contributed by atoms with Gasteiger partial charge in [0.05, 0.1) is 44.6 Å². The molecule has 14 heteroatoms. The number of carbonyl (C=O) groups excluding carboxylic acids is 1. The van der Waals surface area contributed by atoms with Crippen LogP contribution in [0.2, 0.25) is 10.0 Å². The van der Waals surface area contributed by atoms with Gasteiger partial charge in [-0.25, -0.2) is 13.6 Å². The van der Waals surface area contributed by atoms with E-state index in [4.69, 9.17) is 27.9 Å². The highest BCUT2D eigenvalue weighted by molar-refractivity contribution is 6.36. The summed E-state index contributed by atoms with van der Waals surface area (Å²) in [5, 5.41) is 19.3. The number of fused-ring (bicyclic) bond motifs is 1. The lowest BCUT2D eigenvalue weighted by Crippen LogP contribution is -2.45. The molecule has 4 N–H and O–H groups in total. The second kappa shape index (κ2) is 14.7. The third-order valence-electron chi connectivity index (χ3n) is 8.69. The number of halogens is 4. The molecule has 7 rings (SSSR count). The van der Waals surface area contributed by atoms with Gasteiger partial charge in [0, 0.05) is 42.2 Å². The number of hydrogen-bond acceptors (Lipinski definition) is 9. The number of hydrogen-bond donors (Lipinski definition) is 4. The first-order valence-electron chi connectivity index (χ1n) is 16.0. The number of hydrazine groups is 2. The number of carbonyl (C=O) groups is 1. The van der Waals surface area contributed by atoms with Gasteiger partial charge in [-0.05, 0) is 60.0 Å². The Morgan fingerprint density at radius 1 is 1.04 bits per heavy atom. The van der Waals surface area contributed by atoms with Crippen LogP contribution in [0.5, 0.6) is 0 Å². The lowest BCUT2D eigenvalue weighted by Gasteiger charge is -2.23. The van der Waals surface area contributed by atoms with E-state index in [1.807, 2.05) is 41.5 Å². The summed E-state index contributed by atoms with van der Waals surface area (Å²) in [6, 6.07) is 24.9. The molecule has 0 saturated carbocycles. The Morgan fingerprint density at radius 3 is 2.59 bits per heavy atom. The Hall–Kier alpha value is -5.61. The molecule has 2 aliphatic heterocycles. The summed E-state index contributed by atoms with van der Waals surface area (Å²) in [5.41, 5.74) is 10.9. The molecular weight excluding hydrogens is 697 g/mol. The van der Waals surface area contributed by atoms with Crippen molar-refractivity contribution in [2.45, 2.75) is 25.1 Å². The van der Waals surface area contributed by atoms with Gasteiger partial charge in [0.25, 0.3) is 0 Å². The predicted octanol–water partition coefficient (Wildman–Crippen LogP) is 8.17. The summed E-state index contributed by atoms with van der Waals surface area (Å²) in [4.78, 5) is 18.9. The van der Waals surface area contributed by atoms with Gasteiger partial charge in [-0.1, -0.05) is 65.7 Å². The van der Waals surface area contributed by atoms with E-state index in [1.54, 1.807) is 29.2 Å². The molecule has 4 aromatic carbocycles. The Labute approximate surface area is 302 Å². The first-order valence-corrected chi connectivity index (χ1v) is 16.7. The Bertz CT molecular complexity index is 2170. The van der Waals surface area contributed by atoms with Crippen LogP contribution in [0.1, 0.15) is 29.2 Å². The van der Waals surface area contributed by atoms with Crippen molar-refractivity contribution in [3.8, 4) is 6.07 Å². The van der Waals surface area contributed by atoms with Gasteiger partial charge in [-0.15, -0.1) is 5.53 Å². The molecule has 1 saturated heterocycles. The van der Waals surface area contributed by atoms with E-state index in [0.29, 0.717) is 58.2 Å². The number of ether oxygens (including phenoxy) is 1. The molecule has 10 nitrogen and oxygen atoms in total. The monoisotopic (exact) mass is 726 g/mol. The molecule has 0 bridgehead atoms. The number of anilines is 3. The van der Waals surface area contributed by atoms with Crippen LogP contribution in [-0.4, -0.2) is 40.1 Å². The van der Waals surface area contributed by atoms with Gasteiger partial charge >= 0.3 is 6.09 Å². The molecule has 258 valence electrons. The van der Waals surface area contributed by atoms with E-state index in [0.717, 1.165) is 11.1 Å². The minimum absolute atomic E-state index is 0.0488. The van der Waals surface area contributed by atoms with Crippen LogP contribution in [-0.2, 0) is 11.3 Å². The highest BCUT2D eigenvalue weighted by Crippen LogP contribution is 2.37. The van der Waals surface area contributed by atoms with Crippen molar-refractivity contribution in [1.82, 2.24) is 25.9 Å². The molecule has 1 aromatic heterocycles. The van der Waals surface area contributed by atoms with E-state index < -0.39 is 11.9 Å². The van der Waals surface area contributed by atoms with Crippen molar-refractivity contribution in [3.05, 3.63) is 141 Å². The maximum Gasteiger partial charge on any atom is 0.410 e. The summed E-state index contributed by atoms with van der Waals surface area (Å²) in [6.07, 6.45) is 3.66. The quantitative estimate of drug-likeness (QED) is 0.119. The summed E-state index contributed by atoms with van der Waals surface area (Å²) in [6.45, 7) is 1.18. The van der Waals surface area contributed by atoms with E-state index in [-0.39, 0.29) is 35.1 Å². The first kappa shape index (κ1) is 33.9. The van der Waals surface area contributed by atoms with E-state index in [9.17, 15) is 18.8 Å². The molecule has 0 aliphatic carbocycles. The Balaban J connectivity index is 1.15.